The van der Waals surface area contributed by atoms with Gasteiger partial charge in [-0.3, -0.25) is 10.1 Å². The van der Waals surface area contributed by atoms with Gasteiger partial charge in [-0.1, -0.05) is 48.0 Å². The Morgan fingerprint density at radius 1 is 0.857 bits per heavy atom. The van der Waals surface area contributed by atoms with Gasteiger partial charge in [0.1, 0.15) is 5.75 Å². The molecule has 0 N–H and O–H groups in total. The van der Waals surface area contributed by atoms with Crippen molar-refractivity contribution in [3.05, 3.63) is 93.5 Å². The monoisotopic (exact) mass is 397 g/mol. The van der Waals surface area contributed by atoms with Crippen molar-refractivity contribution < 1.29 is 18.5 Å². The molecule has 0 bridgehead atoms. The SMILES string of the molecule is Cc1ccc(O[P@@](=O)(Oc2c(C)cccc2[N+](=O)[O-])c2ccccc2)c(C)c1. The first-order valence-electron chi connectivity index (χ1n) is 8.66. The van der Waals surface area contributed by atoms with Crippen molar-refractivity contribution >= 4 is 18.6 Å². The standard InChI is InChI=1S/C21H20NO5P/c1-15-12-13-20(17(3)14-15)26-28(25,18-9-5-4-6-10-18)27-21-16(2)8-7-11-19(21)22(23)24/h4-14H,1-3H3/t28-/m1/s1. The topological polar surface area (TPSA) is 78.7 Å². The Hall–Kier alpha value is -3.11. The van der Waals surface area contributed by atoms with Crippen LogP contribution in [0.2, 0.25) is 0 Å². The molecule has 0 aliphatic rings. The zero-order valence-electron chi connectivity index (χ0n) is 15.8. The van der Waals surface area contributed by atoms with Crippen LogP contribution in [0.15, 0.2) is 66.7 Å². The Kier molecular flexibility index (Phi) is 5.52. The lowest BCUT2D eigenvalue weighted by molar-refractivity contribution is -0.385. The molecular weight excluding hydrogens is 377 g/mol. The first-order valence-corrected chi connectivity index (χ1v) is 10.2. The van der Waals surface area contributed by atoms with Gasteiger partial charge in [-0.2, -0.15) is 0 Å². The predicted octanol–water partition coefficient (Wildman–Crippen LogP) is 5.50. The molecule has 0 amide bonds. The largest absolute Gasteiger partial charge is 0.463 e. The van der Waals surface area contributed by atoms with Crippen LogP contribution in [0.5, 0.6) is 11.5 Å². The number of para-hydroxylation sites is 1. The lowest BCUT2D eigenvalue weighted by atomic mass is 10.1. The van der Waals surface area contributed by atoms with Crippen LogP contribution >= 0.6 is 7.60 Å². The van der Waals surface area contributed by atoms with Crippen molar-refractivity contribution in [2.45, 2.75) is 20.8 Å². The van der Waals surface area contributed by atoms with Crippen LogP contribution in [-0.4, -0.2) is 4.92 Å². The fraction of sp³-hybridized carbons (Fsp3) is 0.143. The second-order valence-electron chi connectivity index (χ2n) is 6.46. The molecule has 0 saturated heterocycles. The molecule has 0 aromatic heterocycles. The molecule has 3 aromatic rings. The van der Waals surface area contributed by atoms with E-state index in [4.69, 9.17) is 9.05 Å². The number of benzene rings is 3. The van der Waals surface area contributed by atoms with Crippen LogP contribution in [0.4, 0.5) is 5.69 Å². The number of aryl methyl sites for hydroxylation is 3. The number of hydrogen-bond donors (Lipinski definition) is 0. The molecule has 7 heteroatoms. The highest BCUT2D eigenvalue weighted by Gasteiger charge is 2.35. The summed E-state index contributed by atoms with van der Waals surface area (Å²) in [5, 5.41) is 11.8. The average Bonchev–Trinajstić information content (AvgIpc) is 2.66. The van der Waals surface area contributed by atoms with Crippen LogP contribution < -0.4 is 14.4 Å². The number of nitro groups is 1. The molecule has 0 saturated carbocycles. The zero-order chi connectivity index (χ0) is 20.3. The van der Waals surface area contributed by atoms with E-state index in [0.29, 0.717) is 16.6 Å². The maximum atomic E-state index is 13.9. The Balaban J connectivity index is 2.11. The molecule has 0 heterocycles. The van der Waals surface area contributed by atoms with Crippen LogP contribution in [0.25, 0.3) is 0 Å². The smallest absolute Gasteiger partial charge is 0.413 e. The highest BCUT2D eigenvalue weighted by molar-refractivity contribution is 7.63. The van der Waals surface area contributed by atoms with Crippen LogP contribution in [0.3, 0.4) is 0 Å². The minimum atomic E-state index is -3.96. The van der Waals surface area contributed by atoms with Gasteiger partial charge in [0, 0.05) is 6.07 Å². The van der Waals surface area contributed by atoms with Gasteiger partial charge < -0.3 is 9.05 Å². The van der Waals surface area contributed by atoms with Crippen molar-refractivity contribution in [2.75, 3.05) is 0 Å². The summed E-state index contributed by atoms with van der Waals surface area (Å²) in [4.78, 5) is 10.9. The first kappa shape index (κ1) is 19.6. The molecular formula is C21H20NO5P. The van der Waals surface area contributed by atoms with Gasteiger partial charge in [-0.25, -0.2) is 4.57 Å². The highest BCUT2D eigenvalue weighted by Crippen LogP contribution is 2.51. The van der Waals surface area contributed by atoms with Gasteiger partial charge in [-0.05, 0) is 50.1 Å². The molecule has 0 aliphatic heterocycles. The number of nitrogens with zero attached hydrogens (tertiary/aromatic N) is 1. The minimum Gasteiger partial charge on any atom is -0.413 e. The lowest BCUT2D eigenvalue weighted by Gasteiger charge is -2.22. The van der Waals surface area contributed by atoms with Gasteiger partial charge in [0.05, 0.1) is 10.2 Å². The predicted molar refractivity (Wildman–Crippen MR) is 109 cm³/mol. The molecule has 1 atom stereocenters. The third kappa shape index (κ3) is 4.07. The van der Waals surface area contributed by atoms with Gasteiger partial charge in [0.15, 0.2) is 0 Å². The Bertz CT molecular complexity index is 1070. The quantitative estimate of drug-likeness (QED) is 0.312. The van der Waals surface area contributed by atoms with Crippen molar-refractivity contribution in [2.24, 2.45) is 0 Å². The molecule has 28 heavy (non-hydrogen) atoms. The zero-order valence-corrected chi connectivity index (χ0v) is 16.7. The van der Waals surface area contributed by atoms with Gasteiger partial charge >= 0.3 is 13.3 Å². The van der Waals surface area contributed by atoms with Crippen LogP contribution in [-0.2, 0) is 4.57 Å². The molecule has 3 rings (SSSR count). The van der Waals surface area contributed by atoms with E-state index in [1.54, 1.807) is 55.5 Å². The average molecular weight is 397 g/mol. The van der Waals surface area contributed by atoms with Crippen molar-refractivity contribution in [1.29, 1.82) is 0 Å². The lowest BCUT2D eigenvalue weighted by Crippen LogP contribution is -2.15. The van der Waals surface area contributed by atoms with E-state index in [1.807, 2.05) is 26.0 Å². The molecule has 3 aromatic carbocycles. The van der Waals surface area contributed by atoms with E-state index in [1.165, 1.54) is 6.07 Å². The summed E-state index contributed by atoms with van der Waals surface area (Å²) in [6.45, 7) is 5.45. The van der Waals surface area contributed by atoms with Crippen LogP contribution in [0, 0.1) is 30.9 Å². The summed E-state index contributed by atoms with van der Waals surface area (Å²) in [7, 11) is -3.96. The molecule has 0 unspecified atom stereocenters. The minimum absolute atomic E-state index is 0.0653. The third-order valence-corrected chi connectivity index (χ3v) is 6.01. The Morgan fingerprint density at radius 3 is 2.21 bits per heavy atom. The molecule has 6 nitrogen and oxygen atoms in total. The van der Waals surface area contributed by atoms with E-state index in [-0.39, 0.29) is 11.4 Å². The summed E-state index contributed by atoms with van der Waals surface area (Å²) in [5.74, 6) is 0.332. The van der Waals surface area contributed by atoms with E-state index >= 15 is 0 Å². The number of hydrogen-bond acceptors (Lipinski definition) is 5. The molecule has 0 fully saturated rings. The second kappa shape index (κ2) is 7.87. The summed E-state index contributed by atoms with van der Waals surface area (Å²) >= 11 is 0. The Labute approximate surface area is 163 Å². The molecule has 0 radical (unpaired) electrons. The van der Waals surface area contributed by atoms with Crippen molar-refractivity contribution in [1.82, 2.24) is 0 Å². The third-order valence-electron chi connectivity index (χ3n) is 4.22. The highest BCUT2D eigenvalue weighted by atomic mass is 31.2. The Morgan fingerprint density at radius 2 is 1.57 bits per heavy atom. The summed E-state index contributed by atoms with van der Waals surface area (Å²) in [5.41, 5.74) is 2.06. The van der Waals surface area contributed by atoms with Gasteiger partial charge in [0.25, 0.3) is 0 Å². The summed E-state index contributed by atoms with van der Waals surface area (Å²) < 4.78 is 25.5. The fourth-order valence-corrected chi connectivity index (χ4v) is 4.51. The van der Waals surface area contributed by atoms with E-state index < -0.39 is 12.5 Å². The van der Waals surface area contributed by atoms with Gasteiger partial charge in [-0.15, -0.1) is 0 Å². The van der Waals surface area contributed by atoms with E-state index in [9.17, 15) is 14.7 Å². The maximum Gasteiger partial charge on any atom is 0.463 e. The summed E-state index contributed by atoms with van der Waals surface area (Å²) in [6.07, 6.45) is 0. The van der Waals surface area contributed by atoms with Crippen molar-refractivity contribution in [3.8, 4) is 11.5 Å². The van der Waals surface area contributed by atoms with E-state index in [0.717, 1.165) is 11.1 Å². The normalized spacial score (nSPS) is 12.8. The fourth-order valence-electron chi connectivity index (χ4n) is 2.79. The summed E-state index contributed by atoms with van der Waals surface area (Å²) in [6, 6.07) is 18.4. The molecule has 0 aliphatic carbocycles. The number of rotatable bonds is 6. The first-order chi connectivity index (χ1) is 13.3. The van der Waals surface area contributed by atoms with Crippen LogP contribution in [0.1, 0.15) is 16.7 Å². The van der Waals surface area contributed by atoms with Gasteiger partial charge in [0.2, 0.25) is 5.75 Å². The van der Waals surface area contributed by atoms with E-state index in [2.05, 4.69) is 0 Å². The maximum absolute atomic E-state index is 13.9. The number of nitro benzene ring substituents is 1. The molecule has 0 spiro atoms. The van der Waals surface area contributed by atoms with Crippen molar-refractivity contribution in [3.63, 3.8) is 0 Å². The molecule has 144 valence electrons. The second-order valence-corrected chi connectivity index (χ2v) is 8.34.